The molecule has 1 aromatic carbocycles. The van der Waals surface area contributed by atoms with Crippen LogP contribution in [0.25, 0.3) is 0 Å². The van der Waals surface area contributed by atoms with Gasteiger partial charge >= 0.3 is 0 Å². The summed E-state index contributed by atoms with van der Waals surface area (Å²) in [5.41, 5.74) is 7.90. The van der Waals surface area contributed by atoms with Gasteiger partial charge in [0.05, 0.1) is 11.4 Å². The van der Waals surface area contributed by atoms with Crippen LogP contribution in [0.2, 0.25) is 0 Å². The first kappa shape index (κ1) is 16.3. The summed E-state index contributed by atoms with van der Waals surface area (Å²) in [7, 11) is 1.59. The van der Waals surface area contributed by atoms with Gasteiger partial charge in [0.1, 0.15) is 0 Å². The van der Waals surface area contributed by atoms with Crippen LogP contribution in [0, 0.1) is 5.92 Å². The number of nitrogen functional groups attached to an aromatic ring is 1. The summed E-state index contributed by atoms with van der Waals surface area (Å²) in [6.07, 6.45) is 2.96. The van der Waals surface area contributed by atoms with E-state index in [0.29, 0.717) is 17.2 Å². The van der Waals surface area contributed by atoms with E-state index in [-0.39, 0.29) is 12.5 Å². The molecule has 1 amide bonds. The maximum absolute atomic E-state index is 11.5. The zero-order valence-electron chi connectivity index (χ0n) is 12.3. The van der Waals surface area contributed by atoms with Crippen molar-refractivity contribution in [2.75, 3.05) is 31.2 Å². The van der Waals surface area contributed by atoms with E-state index < -0.39 is 0 Å². The van der Waals surface area contributed by atoms with Crippen LogP contribution in [0.4, 0.5) is 11.4 Å². The van der Waals surface area contributed by atoms with Crippen LogP contribution >= 0.6 is 0 Å². The number of rotatable bonds is 8. The largest absolute Gasteiger partial charge is 0.397 e. The first-order chi connectivity index (χ1) is 9.62. The first-order valence-electron chi connectivity index (χ1n) is 7.08. The van der Waals surface area contributed by atoms with Crippen molar-refractivity contribution >= 4 is 17.3 Å². The van der Waals surface area contributed by atoms with Crippen molar-refractivity contribution in [3.05, 3.63) is 23.8 Å². The standard InChI is InChI=1S/C15H25N3O2/c1-3-4-11(7-8-19)10-18-14-6-5-12(9-13(14)16)15(20)17-2/h5-6,9,11,18-19H,3-4,7-8,10,16H2,1-2H3,(H,17,20). The summed E-state index contributed by atoms with van der Waals surface area (Å²) in [6, 6.07) is 5.24. The highest BCUT2D eigenvalue weighted by Gasteiger charge is 2.09. The Labute approximate surface area is 120 Å². The highest BCUT2D eigenvalue weighted by Crippen LogP contribution is 2.21. The zero-order valence-corrected chi connectivity index (χ0v) is 12.3. The number of nitrogens with one attached hydrogen (secondary N) is 2. The average Bonchev–Trinajstić information content (AvgIpc) is 2.45. The summed E-state index contributed by atoms with van der Waals surface area (Å²) in [5.74, 6) is 0.287. The van der Waals surface area contributed by atoms with Crippen LogP contribution in [0.3, 0.4) is 0 Å². The summed E-state index contributed by atoms with van der Waals surface area (Å²) in [6.45, 7) is 3.12. The molecule has 0 aromatic heterocycles. The van der Waals surface area contributed by atoms with Gasteiger partial charge in [0.2, 0.25) is 0 Å². The number of amides is 1. The molecule has 1 atom stereocenters. The molecular weight excluding hydrogens is 254 g/mol. The van der Waals surface area contributed by atoms with Crippen molar-refractivity contribution in [1.82, 2.24) is 5.32 Å². The van der Waals surface area contributed by atoms with Gasteiger partial charge in [0, 0.05) is 25.8 Å². The van der Waals surface area contributed by atoms with Crippen LogP contribution < -0.4 is 16.4 Å². The van der Waals surface area contributed by atoms with Crippen LogP contribution in [-0.4, -0.2) is 31.2 Å². The molecule has 1 aromatic rings. The normalized spacial score (nSPS) is 11.9. The molecule has 0 aliphatic heterocycles. The number of hydrogen-bond acceptors (Lipinski definition) is 4. The van der Waals surface area contributed by atoms with Crippen molar-refractivity contribution < 1.29 is 9.90 Å². The predicted molar refractivity (Wildman–Crippen MR) is 82.8 cm³/mol. The number of aliphatic hydroxyl groups is 1. The van der Waals surface area contributed by atoms with Gasteiger partial charge in [-0.15, -0.1) is 0 Å². The topological polar surface area (TPSA) is 87.4 Å². The molecule has 0 saturated heterocycles. The Balaban J connectivity index is 2.65. The Morgan fingerprint density at radius 3 is 2.70 bits per heavy atom. The highest BCUT2D eigenvalue weighted by atomic mass is 16.3. The van der Waals surface area contributed by atoms with Gasteiger partial charge < -0.3 is 21.5 Å². The van der Waals surface area contributed by atoms with Crippen molar-refractivity contribution in [3.8, 4) is 0 Å². The number of nitrogens with two attached hydrogens (primary N) is 1. The van der Waals surface area contributed by atoms with Crippen molar-refractivity contribution in [3.63, 3.8) is 0 Å². The SMILES string of the molecule is CCCC(CCO)CNc1ccc(C(=O)NC)cc1N. The Bertz CT molecular complexity index is 429. The number of anilines is 2. The minimum Gasteiger partial charge on any atom is -0.397 e. The van der Waals surface area contributed by atoms with Crippen molar-refractivity contribution in [2.24, 2.45) is 5.92 Å². The van der Waals surface area contributed by atoms with Gasteiger partial charge in [-0.3, -0.25) is 4.79 Å². The summed E-state index contributed by atoms with van der Waals surface area (Å²) in [4.78, 5) is 11.5. The monoisotopic (exact) mass is 279 g/mol. The lowest BCUT2D eigenvalue weighted by Crippen LogP contribution is -2.19. The molecular formula is C15H25N3O2. The predicted octanol–water partition coefficient (Wildman–Crippen LogP) is 1.84. The fourth-order valence-corrected chi connectivity index (χ4v) is 2.20. The molecule has 1 rings (SSSR count). The molecule has 0 heterocycles. The molecule has 5 heteroatoms. The third kappa shape index (κ3) is 4.74. The number of aliphatic hydroxyl groups excluding tert-OH is 1. The average molecular weight is 279 g/mol. The number of carbonyl (C=O) groups is 1. The van der Waals surface area contributed by atoms with E-state index in [0.717, 1.165) is 31.5 Å². The van der Waals surface area contributed by atoms with E-state index in [4.69, 9.17) is 10.8 Å². The summed E-state index contributed by atoms with van der Waals surface area (Å²) < 4.78 is 0. The van der Waals surface area contributed by atoms with E-state index >= 15 is 0 Å². The fraction of sp³-hybridized carbons (Fsp3) is 0.533. The minimum absolute atomic E-state index is 0.146. The lowest BCUT2D eigenvalue weighted by molar-refractivity contribution is 0.0963. The summed E-state index contributed by atoms with van der Waals surface area (Å²) >= 11 is 0. The molecule has 0 saturated carbocycles. The second-order valence-corrected chi connectivity index (χ2v) is 4.93. The van der Waals surface area contributed by atoms with Crippen LogP contribution in [0.1, 0.15) is 36.5 Å². The fourth-order valence-electron chi connectivity index (χ4n) is 2.20. The molecule has 112 valence electrons. The molecule has 0 bridgehead atoms. The number of benzene rings is 1. The third-order valence-electron chi connectivity index (χ3n) is 3.36. The molecule has 0 radical (unpaired) electrons. The lowest BCUT2D eigenvalue weighted by Gasteiger charge is -2.17. The zero-order chi connectivity index (χ0) is 15.0. The van der Waals surface area contributed by atoms with Crippen LogP contribution in [0.15, 0.2) is 18.2 Å². The number of carbonyl (C=O) groups excluding carboxylic acids is 1. The second-order valence-electron chi connectivity index (χ2n) is 4.93. The molecule has 0 spiro atoms. The smallest absolute Gasteiger partial charge is 0.251 e. The molecule has 1 unspecified atom stereocenters. The Hall–Kier alpha value is -1.75. The summed E-state index contributed by atoms with van der Waals surface area (Å²) in [5, 5.41) is 14.9. The third-order valence-corrected chi connectivity index (χ3v) is 3.36. The lowest BCUT2D eigenvalue weighted by atomic mass is 10.00. The maximum atomic E-state index is 11.5. The minimum atomic E-state index is -0.146. The Morgan fingerprint density at radius 1 is 1.40 bits per heavy atom. The van der Waals surface area contributed by atoms with Crippen LogP contribution in [-0.2, 0) is 0 Å². The molecule has 5 N–H and O–H groups in total. The van der Waals surface area contributed by atoms with E-state index in [1.54, 1.807) is 19.2 Å². The van der Waals surface area contributed by atoms with Gasteiger partial charge in [0.15, 0.2) is 0 Å². The Kier molecular flexibility index (Phi) is 6.87. The quantitative estimate of drug-likeness (QED) is 0.547. The van der Waals surface area contributed by atoms with Crippen molar-refractivity contribution in [2.45, 2.75) is 26.2 Å². The van der Waals surface area contributed by atoms with Crippen LogP contribution in [0.5, 0.6) is 0 Å². The van der Waals surface area contributed by atoms with Gasteiger partial charge in [-0.2, -0.15) is 0 Å². The molecule has 0 aliphatic carbocycles. The molecule has 0 fully saturated rings. The van der Waals surface area contributed by atoms with Gasteiger partial charge in [-0.25, -0.2) is 0 Å². The van der Waals surface area contributed by atoms with Crippen molar-refractivity contribution in [1.29, 1.82) is 0 Å². The van der Waals surface area contributed by atoms with Gasteiger partial charge in [-0.05, 0) is 37.0 Å². The highest BCUT2D eigenvalue weighted by molar-refractivity contribution is 5.95. The van der Waals surface area contributed by atoms with E-state index in [9.17, 15) is 4.79 Å². The van der Waals surface area contributed by atoms with E-state index in [1.165, 1.54) is 0 Å². The van der Waals surface area contributed by atoms with Gasteiger partial charge in [0.25, 0.3) is 5.91 Å². The first-order valence-corrected chi connectivity index (χ1v) is 7.08. The van der Waals surface area contributed by atoms with Gasteiger partial charge in [-0.1, -0.05) is 13.3 Å². The molecule has 20 heavy (non-hydrogen) atoms. The second kappa shape index (κ2) is 8.43. The Morgan fingerprint density at radius 2 is 2.15 bits per heavy atom. The number of hydrogen-bond donors (Lipinski definition) is 4. The van der Waals surface area contributed by atoms with E-state index in [2.05, 4.69) is 17.6 Å². The maximum Gasteiger partial charge on any atom is 0.251 e. The van der Waals surface area contributed by atoms with E-state index in [1.807, 2.05) is 6.07 Å². The molecule has 5 nitrogen and oxygen atoms in total. The molecule has 0 aliphatic rings.